The maximum Gasteiger partial charge on any atom is 0.256 e. The third-order valence-electron chi connectivity index (χ3n) is 4.42. The molecule has 0 aliphatic carbocycles. The molecule has 0 saturated heterocycles. The van der Waals surface area contributed by atoms with Crippen LogP contribution in [-0.4, -0.2) is 22.3 Å². The number of nitrogens with zero attached hydrogens (tertiary/aromatic N) is 1. The van der Waals surface area contributed by atoms with Gasteiger partial charge in [-0.1, -0.05) is 12.1 Å². The molecule has 4 nitrogen and oxygen atoms in total. The van der Waals surface area contributed by atoms with Crippen LogP contribution in [0.5, 0.6) is 0 Å². The molecule has 0 spiro atoms. The van der Waals surface area contributed by atoms with Crippen LogP contribution in [0.2, 0.25) is 0 Å². The lowest BCUT2D eigenvalue weighted by Crippen LogP contribution is -2.40. The summed E-state index contributed by atoms with van der Waals surface area (Å²) in [6.07, 6.45) is 2.20. The molecule has 0 saturated carbocycles. The number of aromatic amines is 1. The predicted octanol–water partition coefficient (Wildman–Crippen LogP) is 3.36. The van der Waals surface area contributed by atoms with Crippen LogP contribution >= 0.6 is 11.3 Å². The number of halogens is 1. The van der Waals surface area contributed by atoms with Crippen LogP contribution in [0.4, 0.5) is 4.39 Å². The van der Waals surface area contributed by atoms with E-state index in [1.807, 2.05) is 17.5 Å². The van der Waals surface area contributed by atoms with Gasteiger partial charge in [0.1, 0.15) is 5.82 Å². The summed E-state index contributed by atoms with van der Waals surface area (Å²) >= 11 is 1.66. The van der Waals surface area contributed by atoms with Gasteiger partial charge < -0.3 is 9.88 Å². The van der Waals surface area contributed by atoms with Crippen molar-refractivity contribution >= 4 is 17.2 Å². The number of hydrogen-bond donors (Lipinski definition) is 1. The summed E-state index contributed by atoms with van der Waals surface area (Å²) in [4.78, 5) is 29.8. The second kappa shape index (κ2) is 6.29. The minimum absolute atomic E-state index is 0.178. The molecule has 1 atom stereocenters. The van der Waals surface area contributed by atoms with Crippen molar-refractivity contribution in [3.8, 4) is 0 Å². The van der Waals surface area contributed by atoms with Crippen LogP contribution < -0.4 is 5.56 Å². The van der Waals surface area contributed by atoms with Gasteiger partial charge >= 0.3 is 0 Å². The van der Waals surface area contributed by atoms with E-state index < -0.39 is 0 Å². The molecule has 3 aromatic rings. The third-order valence-corrected chi connectivity index (χ3v) is 5.42. The molecule has 3 heterocycles. The number of carbonyl (C=O) groups excluding carboxylic acids is 1. The van der Waals surface area contributed by atoms with Gasteiger partial charge in [-0.2, -0.15) is 0 Å². The summed E-state index contributed by atoms with van der Waals surface area (Å²) in [5, 5.41) is 2.00. The van der Waals surface area contributed by atoms with Crippen molar-refractivity contribution in [1.29, 1.82) is 0 Å². The van der Waals surface area contributed by atoms with Crippen molar-refractivity contribution in [2.24, 2.45) is 0 Å². The average Bonchev–Trinajstić information content (AvgIpc) is 3.09. The van der Waals surface area contributed by atoms with E-state index >= 15 is 0 Å². The number of benzene rings is 1. The van der Waals surface area contributed by atoms with E-state index in [4.69, 9.17) is 0 Å². The van der Waals surface area contributed by atoms with Crippen LogP contribution in [-0.2, 0) is 6.42 Å². The van der Waals surface area contributed by atoms with Gasteiger partial charge in [0.15, 0.2) is 0 Å². The molecule has 1 aliphatic heterocycles. The maximum absolute atomic E-state index is 13.8. The van der Waals surface area contributed by atoms with Gasteiger partial charge in [0.05, 0.1) is 11.6 Å². The van der Waals surface area contributed by atoms with Crippen LogP contribution in [0.25, 0.3) is 0 Å². The van der Waals surface area contributed by atoms with Crippen molar-refractivity contribution < 1.29 is 9.18 Å². The van der Waals surface area contributed by atoms with E-state index in [1.165, 1.54) is 35.3 Å². The summed E-state index contributed by atoms with van der Waals surface area (Å²) in [6.45, 7) is 0.548. The number of fused-ring (bicyclic) bond motifs is 1. The molecule has 1 N–H and O–H groups in total. The van der Waals surface area contributed by atoms with E-state index in [2.05, 4.69) is 4.98 Å². The summed E-state index contributed by atoms with van der Waals surface area (Å²) in [7, 11) is 0. The summed E-state index contributed by atoms with van der Waals surface area (Å²) in [5.74, 6) is -0.501. The monoisotopic (exact) mass is 354 g/mol. The molecule has 1 aromatic carbocycles. The van der Waals surface area contributed by atoms with E-state index in [-0.39, 0.29) is 23.3 Å². The van der Waals surface area contributed by atoms with Gasteiger partial charge in [-0.05, 0) is 47.2 Å². The summed E-state index contributed by atoms with van der Waals surface area (Å²) in [6, 6.07) is 10.9. The Balaban J connectivity index is 1.79. The van der Waals surface area contributed by atoms with Crippen molar-refractivity contribution in [1.82, 2.24) is 9.88 Å². The number of amides is 1. The molecule has 0 bridgehead atoms. The highest BCUT2D eigenvalue weighted by Gasteiger charge is 2.33. The highest BCUT2D eigenvalue weighted by Crippen LogP contribution is 2.38. The van der Waals surface area contributed by atoms with Gasteiger partial charge in [-0.25, -0.2) is 4.39 Å². The molecule has 1 aliphatic rings. The lowest BCUT2D eigenvalue weighted by molar-refractivity contribution is 0.0695. The fourth-order valence-corrected chi connectivity index (χ4v) is 4.18. The van der Waals surface area contributed by atoms with E-state index in [9.17, 15) is 14.0 Å². The smallest absolute Gasteiger partial charge is 0.256 e. The molecule has 0 radical (unpaired) electrons. The van der Waals surface area contributed by atoms with Crippen LogP contribution in [0, 0.1) is 5.82 Å². The van der Waals surface area contributed by atoms with Gasteiger partial charge in [0.2, 0.25) is 5.56 Å². The largest absolute Gasteiger partial charge is 0.328 e. The first kappa shape index (κ1) is 15.8. The molecular weight excluding hydrogens is 339 g/mol. The highest BCUT2D eigenvalue weighted by molar-refractivity contribution is 7.10. The Morgan fingerprint density at radius 1 is 1.24 bits per heavy atom. The normalized spacial score (nSPS) is 16.5. The fourth-order valence-electron chi connectivity index (χ4n) is 3.28. The van der Waals surface area contributed by atoms with E-state index in [1.54, 1.807) is 22.3 Å². The Labute approximate surface area is 147 Å². The molecular formula is C19H15FN2O2S. The second-order valence-electron chi connectivity index (χ2n) is 5.95. The lowest BCUT2D eigenvalue weighted by atomic mass is 9.92. The number of nitrogens with one attached hydrogen (secondary N) is 1. The fraction of sp³-hybridized carbons (Fsp3) is 0.158. The van der Waals surface area contributed by atoms with Gasteiger partial charge in [0, 0.05) is 23.7 Å². The number of hydrogen-bond acceptors (Lipinski definition) is 3. The SMILES string of the molecule is O=C(c1ccc(=O)[nH]c1)N1CCc2sccc2C1c1cccc(F)c1. The first-order valence-electron chi connectivity index (χ1n) is 7.95. The Hall–Kier alpha value is -2.73. The zero-order valence-corrected chi connectivity index (χ0v) is 14.1. The number of pyridine rings is 1. The molecule has 4 rings (SSSR count). The molecule has 6 heteroatoms. The Morgan fingerprint density at radius 2 is 2.12 bits per heavy atom. The number of H-pyrrole nitrogens is 1. The zero-order valence-electron chi connectivity index (χ0n) is 13.2. The number of thiophene rings is 1. The number of rotatable bonds is 2. The first-order valence-corrected chi connectivity index (χ1v) is 8.83. The highest BCUT2D eigenvalue weighted by atomic mass is 32.1. The van der Waals surface area contributed by atoms with Crippen molar-refractivity contribution in [3.63, 3.8) is 0 Å². The Kier molecular flexibility index (Phi) is 3.97. The van der Waals surface area contributed by atoms with Crippen molar-refractivity contribution in [2.45, 2.75) is 12.5 Å². The van der Waals surface area contributed by atoms with Gasteiger partial charge in [-0.3, -0.25) is 9.59 Å². The number of carbonyl (C=O) groups is 1. The van der Waals surface area contributed by atoms with Crippen LogP contribution in [0.1, 0.15) is 32.4 Å². The average molecular weight is 354 g/mol. The Morgan fingerprint density at radius 3 is 2.88 bits per heavy atom. The minimum Gasteiger partial charge on any atom is -0.328 e. The quantitative estimate of drug-likeness (QED) is 0.767. The molecule has 1 unspecified atom stereocenters. The molecule has 25 heavy (non-hydrogen) atoms. The van der Waals surface area contributed by atoms with Gasteiger partial charge in [0.25, 0.3) is 5.91 Å². The van der Waals surface area contributed by atoms with Crippen molar-refractivity contribution in [3.05, 3.63) is 91.8 Å². The summed E-state index contributed by atoms with van der Waals surface area (Å²) in [5.41, 5.74) is 1.95. The van der Waals surface area contributed by atoms with Gasteiger partial charge in [-0.15, -0.1) is 11.3 Å². The lowest BCUT2D eigenvalue weighted by Gasteiger charge is -2.36. The molecule has 2 aromatic heterocycles. The van der Waals surface area contributed by atoms with E-state index in [0.29, 0.717) is 12.1 Å². The maximum atomic E-state index is 13.8. The number of aromatic nitrogens is 1. The molecule has 126 valence electrons. The standard InChI is InChI=1S/C19H15FN2O2S/c20-14-3-1-2-12(10-14)18-15-7-9-25-16(15)6-8-22(18)19(24)13-4-5-17(23)21-11-13/h1-5,7,9-11,18H,6,8H2,(H,21,23). The Bertz CT molecular complexity index is 974. The zero-order chi connectivity index (χ0) is 17.4. The van der Waals surface area contributed by atoms with Crippen LogP contribution in [0.15, 0.2) is 58.8 Å². The molecule has 0 fully saturated rings. The third kappa shape index (κ3) is 2.89. The predicted molar refractivity (Wildman–Crippen MR) is 94.4 cm³/mol. The first-order chi connectivity index (χ1) is 12.1. The summed E-state index contributed by atoms with van der Waals surface area (Å²) < 4.78 is 13.8. The molecule has 1 amide bonds. The second-order valence-corrected chi connectivity index (χ2v) is 6.95. The minimum atomic E-state index is -0.329. The topological polar surface area (TPSA) is 53.2 Å². The van der Waals surface area contributed by atoms with Crippen molar-refractivity contribution in [2.75, 3.05) is 6.54 Å². The van der Waals surface area contributed by atoms with Crippen LogP contribution in [0.3, 0.4) is 0 Å². The van der Waals surface area contributed by atoms with E-state index in [0.717, 1.165) is 17.5 Å².